The molecule has 0 radical (unpaired) electrons. The number of rotatable bonds is 5. The molecule has 1 heterocycles. The van der Waals surface area contributed by atoms with E-state index in [2.05, 4.69) is 0 Å². The molecule has 0 saturated carbocycles. The van der Waals surface area contributed by atoms with Gasteiger partial charge in [-0.15, -0.1) is 0 Å². The van der Waals surface area contributed by atoms with E-state index in [-0.39, 0.29) is 5.91 Å². The molecule has 3 rings (SSSR count). The molecule has 0 aromatic heterocycles. The molecule has 0 spiro atoms. The molecule has 0 bridgehead atoms. The van der Waals surface area contributed by atoms with E-state index < -0.39 is 12.1 Å². The summed E-state index contributed by atoms with van der Waals surface area (Å²) in [5.74, 6) is -0.730. The molecular weight excluding hydrogens is 394 g/mol. The summed E-state index contributed by atoms with van der Waals surface area (Å²) in [6.07, 6.45) is 0.838. The van der Waals surface area contributed by atoms with Crippen LogP contribution in [0.2, 0.25) is 0 Å². The van der Waals surface area contributed by atoms with Gasteiger partial charge >= 0.3 is 5.97 Å². The SMILES string of the molecule is Cc1ccc(N2C(=O)/C(=C\c3ccc(OC(C)C(=O)O)cc3)SC2=S)cc1C. The fraction of sp³-hybridized carbons (Fsp3) is 0.190. The fourth-order valence-electron chi connectivity index (χ4n) is 2.60. The summed E-state index contributed by atoms with van der Waals surface area (Å²) in [5.41, 5.74) is 3.82. The smallest absolute Gasteiger partial charge is 0.344 e. The van der Waals surface area contributed by atoms with Crippen LogP contribution in [0.25, 0.3) is 6.08 Å². The zero-order valence-electron chi connectivity index (χ0n) is 15.6. The summed E-state index contributed by atoms with van der Waals surface area (Å²) in [6.45, 7) is 5.49. The fourth-order valence-corrected chi connectivity index (χ4v) is 3.90. The van der Waals surface area contributed by atoms with Crippen molar-refractivity contribution in [3.05, 3.63) is 64.1 Å². The van der Waals surface area contributed by atoms with Crippen LogP contribution in [-0.4, -0.2) is 27.4 Å². The van der Waals surface area contributed by atoms with Gasteiger partial charge in [0.05, 0.1) is 10.6 Å². The molecular formula is C21H19NO4S2. The molecule has 1 aliphatic heterocycles. The Bertz CT molecular complexity index is 982. The lowest BCUT2D eigenvalue weighted by molar-refractivity contribution is -0.144. The number of anilines is 1. The van der Waals surface area contributed by atoms with E-state index in [1.54, 1.807) is 35.2 Å². The summed E-state index contributed by atoms with van der Waals surface area (Å²) >= 11 is 6.67. The van der Waals surface area contributed by atoms with Crippen molar-refractivity contribution in [2.24, 2.45) is 0 Å². The number of aliphatic carboxylic acids is 1. The maximum atomic E-state index is 12.9. The average molecular weight is 414 g/mol. The summed E-state index contributed by atoms with van der Waals surface area (Å²) in [6, 6.07) is 12.7. The number of amides is 1. The molecule has 1 aliphatic rings. The first-order valence-electron chi connectivity index (χ1n) is 8.61. The predicted octanol–water partition coefficient (Wildman–Crippen LogP) is 4.56. The number of hydrogen-bond acceptors (Lipinski definition) is 5. The van der Waals surface area contributed by atoms with Crippen molar-refractivity contribution in [2.45, 2.75) is 26.9 Å². The van der Waals surface area contributed by atoms with Gasteiger partial charge in [-0.05, 0) is 67.8 Å². The Balaban J connectivity index is 1.79. The molecule has 144 valence electrons. The van der Waals surface area contributed by atoms with E-state index >= 15 is 0 Å². The molecule has 2 aromatic carbocycles. The normalized spacial score (nSPS) is 16.5. The van der Waals surface area contributed by atoms with E-state index in [1.165, 1.54) is 18.7 Å². The number of thioether (sulfide) groups is 1. The van der Waals surface area contributed by atoms with Crippen LogP contribution in [0.5, 0.6) is 5.75 Å². The lowest BCUT2D eigenvalue weighted by atomic mass is 10.1. The van der Waals surface area contributed by atoms with Crippen molar-refractivity contribution in [1.82, 2.24) is 0 Å². The van der Waals surface area contributed by atoms with Crippen LogP contribution in [0.1, 0.15) is 23.6 Å². The van der Waals surface area contributed by atoms with Crippen LogP contribution in [0.3, 0.4) is 0 Å². The monoisotopic (exact) mass is 413 g/mol. The first-order chi connectivity index (χ1) is 13.3. The minimum absolute atomic E-state index is 0.155. The number of hydrogen-bond donors (Lipinski definition) is 1. The standard InChI is InChI=1S/C21H19NO4S2/c1-12-4-7-16(10-13(12)2)22-19(23)18(28-21(22)27)11-15-5-8-17(9-6-15)26-14(3)20(24)25/h4-11,14H,1-3H3,(H,24,25)/b18-11+. The highest BCUT2D eigenvalue weighted by Gasteiger charge is 2.33. The van der Waals surface area contributed by atoms with Crippen LogP contribution >= 0.6 is 24.0 Å². The number of thiocarbonyl (C=S) groups is 1. The molecule has 2 aromatic rings. The van der Waals surface area contributed by atoms with Crippen LogP contribution in [0.15, 0.2) is 47.4 Å². The largest absolute Gasteiger partial charge is 0.479 e. The van der Waals surface area contributed by atoms with Crippen molar-refractivity contribution in [2.75, 3.05) is 4.90 Å². The Morgan fingerprint density at radius 2 is 1.86 bits per heavy atom. The Kier molecular flexibility index (Phi) is 5.86. The molecule has 0 aliphatic carbocycles. The molecule has 1 saturated heterocycles. The number of benzene rings is 2. The lowest BCUT2D eigenvalue weighted by Gasteiger charge is -2.15. The van der Waals surface area contributed by atoms with E-state index in [9.17, 15) is 9.59 Å². The third-order valence-electron chi connectivity index (χ3n) is 4.38. The van der Waals surface area contributed by atoms with Gasteiger partial charge in [-0.25, -0.2) is 4.79 Å². The number of ether oxygens (including phenoxy) is 1. The Hall–Kier alpha value is -2.64. The van der Waals surface area contributed by atoms with Gasteiger partial charge in [0.25, 0.3) is 5.91 Å². The number of carboxylic acids is 1. The van der Waals surface area contributed by atoms with Crippen LogP contribution in [0, 0.1) is 13.8 Å². The van der Waals surface area contributed by atoms with Gasteiger partial charge in [0.15, 0.2) is 10.4 Å². The minimum atomic E-state index is -1.03. The van der Waals surface area contributed by atoms with Gasteiger partial charge in [0.1, 0.15) is 5.75 Å². The highest BCUT2D eigenvalue weighted by molar-refractivity contribution is 8.27. The van der Waals surface area contributed by atoms with Crippen molar-refractivity contribution < 1.29 is 19.4 Å². The van der Waals surface area contributed by atoms with Gasteiger partial charge in [0.2, 0.25) is 0 Å². The summed E-state index contributed by atoms with van der Waals surface area (Å²) in [5, 5.41) is 8.90. The second-order valence-electron chi connectivity index (χ2n) is 6.45. The molecule has 1 amide bonds. The number of carboxylic acid groups (broad SMARTS) is 1. The van der Waals surface area contributed by atoms with Crippen LogP contribution in [-0.2, 0) is 9.59 Å². The second-order valence-corrected chi connectivity index (χ2v) is 8.13. The first-order valence-corrected chi connectivity index (χ1v) is 9.83. The van der Waals surface area contributed by atoms with Crippen LogP contribution < -0.4 is 9.64 Å². The highest BCUT2D eigenvalue weighted by atomic mass is 32.2. The van der Waals surface area contributed by atoms with Gasteiger partial charge < -0.3 is 9.84 Å². The zero-order chi connectivity index (χ0) is 20.4. The van der Waals surface area contributed by atoms with E-state index in [0.717, 1.165) is 22.4 Å². The van der Waals surface area contributed by atoms with Crippen molar-refractivity contribution >= 4 is 51.9 Å². The number of nitrogens with zero attached hydrogens (tertiary/aromatic N) is 1. The zero-order valence-corrected chi connectivity index (χ0v) is 17.3. The summed E-state index contributed by atoms with van der Waals surface area (Å²) < 4.78 is 5.81. The Morgan fingerprint density at radius 1 is 1.18 bits per heavy atom. The maximum Gasteiger partial charge on any atom is 0.344 e. The summed E-state index contributed by atoms with van der Waals surface area (Å²) in [4.78, 5) is 25.8. The minimum Gasteiger partial charge on any atom is -0.479 e. The molecule has 1 fully saturated rings. The van der Waals surface area contributed by atoms with Gasteiger partial charge in [-0.1, -0.05) is 42.2 Å². The quantitative estimate of drug-likeness (QED) is 0.573. The molecule has 7 heteroatoms. The van der Waals surface area contributed by atoms with E-state index in [4.69, 9.17) is 22.1 Å². The average Bonchev–Trinajstić information content (AvgIpc) is 2.92. The van der Waals surface area contributed by atoms with Crippen molar-refractivity contribution in [3.8, 4) is 5.75 Å². The van der Waals surface area contributed by atoms with Gasteiger partial charge in [-0.2, -0.15) is 0 Å². The van der Waals surface area contributed by atoms with Crippen molar-refractivity contribution in [1.29, 1.82) is 0 Å². The molecule has 28 heavy (non-hydrogen) atoms. The Morgan fingerprint density at radius 3 is 2.46 bits per heavy atom. The van der Waals surface area contributed by atoms with Crippen molar-refractivity contribution in [3.63, 3.8) is 0 Å². The highest BCUT2D eigenvalue weighted by Crippen LogP contribution is 2.36. The first kappa shape index (κ1) is 20.1. The summed E-state index contributed by atoms with van der Waals surface area (Å²) in [7, 11) is 0. The number of carbonyl (C=O) groups is 2. The lowest BCUT2D eigenvalue weighted by Crippen LogP contribution is -2.27. The third-order valence-corrected chi connectivity index (χ3v) is 5.68. The predicted molar refractivity (Wildman–Crippen MR) is 116 cm³/mol. The number of aryl methyl sites for hydroxylation is 2. The molecule has 5 nitrogen and oxygen atoms in total. The Labute approximate surface area is 173 Å². The van der Waals surface area contributed by atoms with E-state index in [0.29, 0.717) is 15.0 Å². The topological polar surface area (TPSA) is 66.8 Å². The second kappa shape index (κ2) is 8.16. The third kappa shape index (κ3) is 4.26. The molecule has 1 unspecified atom stereocenters. The molecule has 1 atom stereocenters. The van der Waals surface area contributed by atoms with E-state index in [1.807, 2.05) is 32.0 Å². The van der Waals surface area contributed by atoms with Gasteiger partial charge in [-0.3, -0.25) is 9.69 Å². The number of carbonyl (C=O) groups excluding carboxylic acids is 1. The molecule has 1 N–H and O–H groups in total. The van der Waals surface area contributed by atoms with Gasteiger partial charge in [0, 0.05) is 0 Å². The maximum absolute atomic E-state index is 12.9. The van der Waals surface area contributed by atoms with Crippen LogP contribution in [0.4, 0.5) is 5.69 Å².